The van der Waals surface area contributed by atoms with Crippen molar-refractivity contribution < 1.29 is 38.4 Å². The van der Waals surface area contributed by atoms with Crippen molar-refractivity contribution in [3.05, 3.63) is 238 Å². The Morgan fingerprint density at radius 2 is 1.22 bits per heavy atom. The van der Waals surface area contributed by atoms with Crippen LogP contribution in [0.2, 0.25) is 0 Å². The first-order valence-corrected chi connectivity index (χ1v) is 25.6. The molecule has 3 atom stereocenters. The minimum Gasteiger partial charge on any atom is -0.614 e. The molecule has 0 saturated carbocycles. The molecule has 7 aromatic rings. The van der Waals surface area contributed by atoms with Crippen molar-refractivity contribution in [2.45, 2.75) is 34.9 Å². The highest BCUT2D eigenvalue weighted by Crippen LogP contribution is 2.46. The summed E-state index contributed by atoms with van der Waals surface area (Å²) in [5.41, 5.74) is -0.353. The zero-order chi connectivity index (χ0) is 49.7. The molecule has 2 saturated heterocycles. The van der Waals surface area contributed by atoms with Crippen molar-refractivity contribution in [1.82, 2.24) is 20.1 Å². The van der Waals surface area contributed by atoms with Crippen molar-refractivity contribution in [3.8, 4) is 0 Å². The van der Waals surface area contributed by atoms with Gasteiger partial charge in [0.2, 0.25) is 16.5 Å². The summed E-state index contributed by atoms with van der Waals surface area (Å²) in [6, 6.07) is 58.0. The van der Waals surface area contributed by atoms with Gasteiger partial charge in [-0.3, -0.25) is 19.3 Å². The molecule has 10 rings (SSSR count). The lowest BCUT2D eigenvalue weighted by molar-refractivity contribution is -0.165. The monoisotopic (exact) mass is 996 g/mol. The average molecular weight is 997 g/mol. The standard InChI is InChI=1S/C56H48N6O8S2/c63-38-69-37-54(51(67)62-48(50(65)66)46(36-72(68)52(54)62)61-33-19-20-34-61)58-49(64)47(60-70-56(42-27-13-4-14-28-42,43-29-15-5-16-30-43)44-31-17-6-18-32-44)45-35-71-53(57-45)59-55(39-21-7-1-8-22-39,40-23-9-2-10-24-40)41-25-11-3-12-26-41/h1-18,21-32,35,38,52H,19-20,33-34,36-37H2,(H,57,59)(H,58,64)(H,65,66)/b60-47-/t52-,54?,72?/m0/s1. The second kappa shape index (κ2) is 20.4. The van der Waals surface area contributed by atoms with Gasteiger partial charge in [0.25, 0.3) is 18.3 Å². The molecule has 14 nitrogen and oxygen atoms in total. The van der Waals surface area contributed by atoms with Crippen LogP contribution in [0.5, 0.6) is 0 Å². The molecule has 6 aromatic carbocycles. The second-order valence-electron chi connectivity index (χ2n) is 17.5. The minimum atomic E-state index is -2.18. The second-order valence-corrected chi connectivity index (χ2v) is 19.9. The lowest BCUT2D eigenvalue weighted by Crippen LogP contribution is -2.85. The molecule has 16 heteroatoms. The fourth-order valence-electron chi connectivity index (χ4n) is 10.1. The van der Waals surface area contributed by atoms with Crippen molar-refractivity contribution in [2.24, 2.45) is 5.16 Å². The Morgan fingerprint density at radius 3 is 1.67 bits per heavy atom. The number of carbonyl (C=O) groups excluding carboxylic acids is 3. The normalized spacial score (nSPS) is 19.0. The molecule has 3 aliphatic heterocycles. The number of anilines is 1. The lowest BCUT2D eigenvalue weighted by atomic mass is 9.77. The van der Waals surface area contributed by atoms with Crippen molar-refractivity contribution >= 4 is 57.6 Å². The summed E-state index contributed by atoms with van der Waals surface area (Å²) in [6.45, 7) is 0.432. The number of nitrogens with one attached hydrogen (secondary N) is 2. The van der Waals surface area contributed by atoms with Gasteiger partial charge in [-0.15, -0.1) is 11.3 Å². The number of nitrogens with zero attached hydrogens (tertiary/aromatic N) is 4. The van der Waals surface area contributed by atoms with E-state index >= 15 is 4.79 Å². The molecule has 2 unspecified atom stereocenters. The topological polar surface area (TPSA) is 186 Å². The van der Waals surface area contributed by atoms with Gasteiger partial charge in [-0.05, 0) is 40.7 Å². The average Bonchev–Trinajstić information content (AvgIpc) is 4.15. The van der Waals surface area contributed by atoms with Crippen LogP contribution in [0.3, 0.4) is 0 Å². The largest absolute Gasteiger partial charge is 0.614 e. The van der Waals surface area contributed by atoms with Crippen LogP contribution in [0, 0.1) is 0 Å². The van der Waals surface area contributed by atoms with Gasteiger partial charge >= 0.3 is 5.97 Å². The van der Waals surface area contributed by atoms with Crippen molar-refractivity contribution in [3.63, 3.8) is 0 Å². The number of fused-ring (bicyclic) bond motifs is 1. The highest BCUT2D eigenvalue weighted by atomic mass is 32.2. The van der Waals surface area contributed by atoms with E-state index in [9.17, 15) is 24.0 Å². The van der Waals surface area contributed by atoms with Gasteiger partial charge in [-0.1, -0.05) is 187 Å². The fraction of sp³-hybridized carbons (Fsp3) is 0.179. The van der Waals surface area contributed by atoms with Gasteiger partial charge in [0, 0.05) is 35.2 Å². The van der Waals surface area contributed by atoms with Crippen LogP contribution in [0.1, 0.15) is 51.9 Å². The number of aliphatic carboxylic acids is 1. The van der Waals surface area contributed by atoms with E-state index in [1.165, 1.54) is 11.3 Å². The predicted octanol–water partition coefficient (Wildman–Crippen LogP) is 7.61. The number of carbonyl (C=O) groups is 4. The molecule has 0 spiro atoms. The Hall–Kier alpha value is -8.05. The van der Waals surface area contributed by atoms with E-state index < -0.39 is 57.6 Å². The highest BCUT2D eigenvalue weighted by molar-refractivity contribution is 7.92. The quantitative estimate of drug-likeness (QED) is 0.0192. The Balaban J connectivity index is 1.13. The summed E-state index contributed by atoms with van der Waals surface area (Å²) in [5, 5.41) is 22.5. The van der Waals surface area contributed by atoms with E-state index in [-0.39, 0.29) is 35.0 Å². The van der Waals surface area contributed by atoms with E-state index in [1.807, 2.05) is 187 Å². The maximum atomic E-state index is 15.5. The zero-order valence-corrected chi connectivity index (χ0v) is 40.3. The van der Waals surface area contributed by atoms with Crippen LogP contribution in [-0.4, -0.2) is 90.8 Å². The summed E-state index contributed by atoms with van der Waals surface area (Å²) in [5.74, 6) is -3.52. The molecule has 1 aromatic heterocycles. The number of oxime groups is 1. The Labute approximate surface area is 422 Å². The van der Waals surface area contributed by atoms with Gasteiger partial charge < -0.3 is 34.8 Å². The molecular weight excluding hydrogens is 949 g/mol. The summed E-state index contributed by atoms with van der Waals surface area (Å²) in [7, 11) is 0. The van der Waals surface area contributed by atoms with Crippen LogP contribution < -0.4 is 10.6 Å². The minimum absolute atomic E-state index is 0.0356. The molecule has 2 amide bonds. The molecular formula is C56H48N6O8S2. The number of thiazole rings is 1. The molecule has 72 heavy (non-hydrogen) atoms. The Bertz CT molecular complexity index is 2930. The number of rotatable bonds is 18. The number of benzene rings is 6. The smallest absolute Gasteiger partial charge is 0.354 e. The van der Waals surface area contributed by atoms with Crippen LogP contribution in [0.4, 0.5) is 5.13 Å². The molecule has 0 radical (unpaired) electrons. The number of β-lactam (4-membered cyclic amide) rings is 1. The maximum Gasteiger partial charge on any atom is 0.354 e. The molecule has 0 bridgehead atoms. The number of aromatic nitrogens is 1. The SMILES string of the molecule is O=COCC1(NC(=O)/C(=N\OC(c2ccccc2)(c2ccccc2)c2ccccc2)c2csc(NC(c3ccccc3)(c3ccccc3)c3ccccc3)n2)C(=O)N2C(C(=O)O)=C(N3CCCC3)C[S+]([O-])[C@H]21. The van der Waals surface area contributed by atoms with Gasteiger partial charge in [0.1, 0.15) is 23.6 Å². The van der Waals surface area contributed by atoms with Crippen molar-refractivity contribution in [2.75, 3.05) is 30.8 Å². The number of carboxylic acids is 1. The number of hydrogen-bond acceptors (Lipinski definition) is 12. The van der Waals surface area contributed by atoms with E-state index in [2.05, 4.69) is 10.6 Å². The fourth-order valence-corrected chi connectivity index (χ4v) is 12.7. The number of amides is 2. The first-order valence-electron chi connectivity index (χ1n) is 23.3. The molecule has 4 heterocycles. The third-order valence-corrected chi connectivity index (χ3v) is 15.8. The van der Waals surface area contributed by atoms with Crippen molar-refractivity contribution in [1.29, 1.82) is 0 Å². The number of hydrogen-bond donors (Lipinski definition) is 3. The van der Waals surface area contributed by atoms with Crippen LogP contribution in [0.15, 0.2) is 204 Å². The predicted molar refractivity (Wildman–Crippen MR) is 274 cm³/mol. The third kappa shape index (κ3) is 8.46. The first kappa shape index (κ1) is 47.6. The highest BCUT2D eigenvalue weighted by Gasteiger charge is 2.72. The van der Waals surface area contributed by atoms with Gasteiger partial charge in [-0.2, -0.15) is 0 Å². The van der Waals surface area contributed by atoms with Crippen LogP contribution in [0.25, 0.3) is 0 Å². The number of likely N-dealkylation sites (tertiary alicyclic amines) is 1. The zero-order valence-electron chi connectivity index (χ0n) is 38.7. The lowest BCUT2D eigenvalue weighted by Gasteiger charge is -2.55. The van der Waals surface area contributed by atoms with E-state index in [0.717, 1.165) is 34.4 Å². The van der Waals surface area contributed by atoms with Gasteiger partial charge in [0.15, 0.2) is 16.5 Å². The van der Waals surface area contributed by atoms with E-state index in [1.54, 1.807) is 5.38 Å². The van der Waals surface area contributed by atoms with Crippen LogP contribution in [-0.2, 0) is 51.1 Å². The number of carboxylic acid groups (broad SMARTS) is 1. The maximum absolute atomic E-state index is 15.5. The summed E-state index contributed by atoms with van der Waals surface area (Å²) in [4.78, 5) is 69.9. The van der Waals surface area contributed by atoms with E-state index in [0.29, 0.717) is 34.9 Å². The third-order valence-electron chi connectivity index (χ3n) is 13.4. The van der Waals surface area contributed by atoms with Crippen LogP contribution >= 0.6 is 11.3 Å². The van der Waals surface area contributed by atoms with Gasteiger partial charge in [0.05, 0.1) is 5.70 Å². The summed E-state index contributed by atoms with van der Waals surface area (Å²) >= 11 is -0.771. The van der Waals surface area contributed by atoms with Gasteiger partial charge in [-0.25, -0.2) is 9.78 Å². The molecule has 2 fully saturated rings. The first-order chi connectivity index (χ1) is 35.2. The molecule has 3 N–H and O–H groups in total. The molecule has 3 aliphatic rings. The van der Waals surface area contributed by atoms with E-state index in [4.69, 9.17) is 19.7 Å². The molecule has 362 valence electrons. The number of ether oxygens (including phenoxy) is 1. The molecule has 0 aliphatic carbocycles. The Morgan fingerprint density at radius 1 is 0.764 bits per heavy atom. The Kier molecular flexibility index (Phi) is 13.5. The summed E-state index contributed by atoms with van der Waals surface area (Å²) < 4.78 is 19.7. The summed E-state index contributed by atoms with van der Waals surface area (Å²) in [6.07, 6.45) is 1.61.